The molecule has 0 aliphatic rings. The van der Waals surface area contributed by atoms with Gasteiger partial charge in [-0.3, -0.25) is 9.59 Å². The van der Waals surface area contributed by atoms with Crippen LogP contribution in [-0.4, -0.2) is 31.4 Å². The summed E-state index contributed by atoms with van der Waals surface area (Å²) in [6.45, 7) is 2.62. The Balaban J connectivity index is 1.46. The van der Waals surface area contributed by atoms with E-state index in [0.29, 0.717) is 16.9 Å². The molecule has 156 valence electrons. The second-order valence-electron chi connectivity index (χ2n) is 7.03. The number of benzene rings is 2. The minimum absolute atomic E-state index is 0.0412. The van der Waals surface area contributed by atoms with Gasteiger partial charge in [-0.2, -0.15) is 0 Å². The number of likely N-dealkylation sites (N-methyl/N-ethyl adjacent to an activating group) is 1. The zero-order chi connectivity index (χ0) is 21.5. The van der Waals surface area contributed by atoms with Crippen molar-refractivity contribution in [3.63, 3.8) is 0 Å². The number of anilines is 2. The van der Waals surface area contributed by atoms with Crippen LogP contribution < -0.4 is 15.5 Å². The van der Waals surface area contributed by atoms with Gasteiger partial charge < -0.3 is 20.0 Å². The lowest BCUT2D eigenvalue weighted by atomic mass is 10.1. The number of carbonyl (C=O) groups is 2. The SMILES string of the molecule is CC(CNC(=O)Cc1ccc(NC(=O)c2ccc(Br)o2)cc1)N(C)c1ccccc1. The molecule has 3 aromatic rings. The van der Waals surface area contributed by atoms with Crippen molar-refractivity contribution in [2.75, 3.05) is 23.8 Å². The number of hydrogen-bond acceptors (Lipinski definition) is 4. The predicted molar refractivity (Wildman–Crippen MR) is 122 cm³/mol. The largest absolute Gasteiger partial charge is 0.444 e. The zero-order valence-electron chi connectivity index (χ0n) is 16.9. The van der Waals surface area contributed by atoms with Gasteiger partial charge in [0.05, 0.1) is 6.42 Å². The highest BCUT2D eigenvalue weighted by Gasteiger charge is 2.13. The summed E-state index contributed by atoms with van der Waals surface area (Å²) >= 11 is 3.17. The first-order valence-corrected chi connectivity index (χ1v) is 10.4. The lowest BCUT2D eigenvalue weighted by Crippen LogP contribution is -2.40. The van der Waals surface area contributed by atoms with Gasteiger partial charge in [-0.1, -0.05) is 30.3 Å². The van der Waals surface area contributed by atoms with Gasteiger partial charge in [-0.15, -0.1) is 0 Å². The summed E-state index contributed by atoms with van der Waals surface area (Å²) in [5.74, 6) is -0.150. The minimum atomic E-state index is -0.331. The van der Waals surface area contributed by atoms with E-state index in [1.807, 2.05) is 49.5 Å². The van der Waals surface area contributed by atoms with Crippen LogP contribution in [0.2, 0.25) is 0 Å². The summed E-state index contributed by atoms with van der Waals surface area (Å²) < 4.78 is 5.73. The van der Waals surface area contributed by atoms with E-state index >= 15 is 0 Å². The molecule has 0 saturated heterocycles. The minimum Gasteiger partial charge on any atom is -0.444 e. The number of para-hydroxylation sites is 1. The van der Waals surface area contributed by atoms with Gasteiger partial charge in [0.25, 0.3) is 5.91 Å². The molecule has 3 rings (SSSR count). The van der Waals surface area contributed by atoms with E-state index in [-0.39, 0.29) is 30.0 Å². The molecule has 2 N–H and O–H groups in total. The third-order valence-electron chi connectivity index (χ3n) is 4.79. The highest BCUT2D eigenvalue weighted by molar-refractivity contribution is 9.10. The van der Waals surface area contributed by atoms with E-state index < -0.39 is 0 Å². The fourth-order valence-corrected chi connectivity index (χ4v) is 3.21. The van der Waals surface area contributed by atoms with Crippen LogP contribution >= 0.6 is 15.9 Å². The van der Waals surface area contributed by atoms with Crippen molar-refractivity contribution in [3.8, 4) is 0 Å². The summed E-state index contributed by atoms with van der Waals surface area (Å²) in [5.41, 5.74) is 2.61. The molecule has 1 atom stereocenters. The molecular weight excluding hydrogens is 446 g/mol. The number of carbonyl (C=O) groups excluding carboxylic acids is 2. The second kappa shape index (κ2) is 10.1. The number of nitrogens with zero attached hydrogens (tertiary/aromatic N) is 1. The molecule has 1 unspecified atom stereocenters. The monoisotopic (exact) mass is 469 g/mol. The molecule has 0 saturated carbocycles. The Morgan fingerprint density at radius 2 is 1.73 bits per heavy atom. The molecule has 6 nitrogen and oxygen atoms in total. The fraction of sp³-hybridized carbons (Fsp3) is 0.217. The van der Waals surface area contributed by atoms with Crippen LogP contribution in [0.3, 0.4) is 0 Å². The third kappa shape index (κ3) is 5.97. The Labute approximate surface area is 184 Å². The molecule has 30 heavy (non-hydrogen) atoms. The van der Waals surface area contributed by atoms with Crippen LogP contribution in [0, 0.1) is 0 Å². The molecule has 0 fully saturated rings. The fourth-order valence-electron chi connectivity index (χ4n) is 2.90. The Morgan fingerprint density at radius 3 is 2.37 bits per heavy atom. The van der Waals surface area contributed by atoms with E-state index in [2.05, 4.69) is 38.4 Å². The number of rotatable bonds is 8. The lowest BCUT2D eigenvalue weighted by Gasteiger charge is -2.27. The second-order valence-corrected chi connectivity index (χ2v) is 7.81. The summed E-state index contributed by atoms with van der Waals surface area (Å²) in [5, 5.41) is 5.75. The van der Waals surface area contributed by atoms with Crippen molar-refractivity contribution in [2.45, 2.75) is 19.4 Å². The maximum absolute atomic E-state index is 12.3. The maximum Gasteiger partial charge on any atom is 0.291 e. The third-order valence-corrected chi connectivity index (χ3v) is 5.22. The summed E-state index contributed by atoms with van der Waals surface area (Å²) in [6.07, 6.45) is 0.279. The predicted octanol–water partition coefficient (Wildman–Crippen LogP) is 4.48. The zero-order valence-corrected chi connectivity index (χ0v) is 18.5. The van der Waals surface area contributed by atoms with E-state index in [4.69, 9.17) is 4.42 Å². The van der Waals surface area contributed by atoms with Gasteiger partial charge in [-0.05, 0) is 64.8 Å². The average molecular weight is 470 g/mol. The molecular formula is C23H24BrN3O3. The first-order valence-electron chi connectivity index (χ1n) is 9.62. The number of furan rings is 1. The molecule has 0 bridgehead atoms. The molecule has 0 spiro atoms. The highest BCUT2D eigenvalue weighted by atomic mass is 79.9. The van der Waals surface area contributed by atoms with Crippen LogP contribution in [0.25, 0.3) is 0 Å². The van der Waals surface area contributed by atoms with Crippen LogP contribution in [0.1, 0.15) is 23.0 Å². The van der Waals surface area contributed by atoms with Gasteiger partial charge in [0.15, 0.2) is 10.4 Å². The van der Waals surface area contributed by atoms with Gasteiger partial charge >= 0.3 is 0 Å². The van der Waals surface area contributed by atoms with Gasteiger partial charge in [0.1, 0.15) is 0 Å². The lowest BCUT2D eigenvalue weighted by molar-refractivity contribution is -0.120. The first kappa shape index (κ1) is 21.6. The summed E-state index contributed by atoms with van der Waals surface area (Å²) in [7, 11) is 2.01. The number of nitrogens with one attached hydrogen (secondary N) is 2. The summed E-state index contributed by atoms with van der Waals surface area (Å²) in [6, 6.07) is 20.7. The normalized spacial score (nSPS) is 11.6. The molecule has 0 radical (unpaired) electrons. The van der Waals surface area contributed by atoms with Gasteiger partial charge in [0.2, 0.25) is 5.91 Å². The molecule has 0 aliphatic heterocycles. The quantitative estimate of drug-likeness (QED) is 0.509. The maximum atomic E-state index is 12.3. The van der Waals surface area contributed by atoms with E-state index in [1.54, 1.807) is 24.3 Å². The van der Waals surface area contributed by atoms with Crippen molar-refractivity contribution in [3.05, 3.63) is 82.7 Å². The molecule has 2 aromatic carbocycles. The smallest absolute Gasteiger partial charge is 0.291 e. The van der Waals surface area contributed by atoms with Crippen molar-refractivity contribution in [1.82, 2.24) is 5.32 Å². The molecule has 1 aromatic heterocycles. The van der Waals surface area contributed by atoms with Crippen LogP contribution in [0.15, 0.2) is 75.8 Å². The van der Waals surface area contributed by atoms with Crippen LogP contribution in [0.4, 0.5) is 11.4 Å². The molecule has 2 amide bonds. The number of halogens is 1. The standard InChI is InChI=1S/C23H24BrN3O3/c1-16(27(2)19-6-4-3-5-7-19)15-25-22(28)14-17-8-10-18(11-9-17)26-23(29)20-12-13-21(24)30-20/h3-13,16H,14-15H2,1-2H3,(H,25,28)(H,26,29). The topological polar surface area (TPSA) is 74.6 Å². The number of amides is 2. The Bertz CT molecular complexity index is 986. The van der Waals surface area contributed by atoms with Crippen LogP contribution in [-0.2, 0) is 11.2 Å². The Hall–Kier alpha value is -3.06. The van der Waals surface area contributed by atoms with Crippen molar-refractivity contribution < 1.29 is 14.0 Å². The Kier molecular flexibility index (Phi) is 7.30. The van der Waals surface area contributed by atoms with E-state index in [1.165, 1.54) is 0 Å². The van der Waals surface area contributed by atoms with Crippen molar-refractivity contribution in [1.29, 1.82) is 0 Å². The molecule has 1 heterocycles. The van der Waals surface area contributed by atoms with Crippen molar-refractivity contribution >= 4 is 39.1 Å². The average Bonchev–Trinajstić information content (AvgIpc) is 3.20. The highest BCUT2D eigenvalue weighted by Crippen LogP contribution is 2.17. The van der Waals surface area contributed by atoms with Crippen molar-refractivity contribution in [2.24, 2.45) is 0 Å². The van der Waals surface area contributed by atoms with Gasteiger partial charge in [0, 0.05) is 31.0 Å². The Morgan fingerprint density at radius 1 is 1.03 bits per heavy atom. The molecule has 0 aliphatic carbocycles. The number of hydrogen-bond donors (Lipinski definition) is 2. The molecule has 7 heteroatoms. The summed E-state index contributed by atoms with van der Waals surface area (Å²) in [4.78, 5) is 26.5. The van der Waals surface area contributed by atoms with Gasteiger partial charge in [-0.25, -0.2) is 0 Å². The van der Waals surface area contributed by atoms with Crippen LogP contribution in [0.5, 0.6) is 0 Å². The van der Waals surface area contributed by atoms with E-state index in [0.717, 1.165) is 11.3 Å². The first-order chi connectivity index (χ1) is 14.4. The van der Waals surface area contributed by atoms with E-state index in [9.17, 15) is 9.59 Å².